The molecule has 0 atom stereocenters. The minimum Gasteiger partial charge on any atom is -0.447 e. The fourth-order valence-electron chi connectivity index (χ4n) is 0.225. The standard InChI is InChI=1S/C6H10O2/c1-3-8-6-4-5-7-2/h3,5H2,1-2H3. The van der Waals surface area contributed by atoms with Gasteiger partial charge in [0.05, 0.1) is 6.61 Å². The summed E-state index contributed by atoms with van der Waals surface area (Å²) in [7, 11) is 1.60. The van der Waals surface area contributed by atoms with Gasteiger partial charge in [-0.3, -0.25) is 0 Å². The molecule has 0 aliphatic carbocycles. The van der Waals surface area contributed by atoms with E-state index in [9.17, 15) is 0 Å². The Morgan fingerprint density at radius 2 is 2.25 bits per heavy atom. The molecular weight excluding hydrogens is 104 g/mol. The van der Waals surface area contributed by atoms with Crippen LogP contribution in [0.2, 0.25) is 0 Å². The molecule has 0 N–H and O–H groups in total. The summed E-state index contributed by atoms with van der Waals surface area (Å²) in [5.74, 6) is 2.64. The second-order valence-electron chi connectivity index (χ2n) is 1.14. The summed E-state index contributed by atoms with van der Waals surface area (Å²) in [4.78, 5) is 0. The Bertz CT molecular complexity index is 78.4. The highest BCUT2D eigenvalue weighted by atomic mass is 16.5. The maximum atomic E-state index is 4.69. The van der Waals surface area contributed by atoms with Crippen LogP contribution in [0.4, 0.5) is 0 Å². The predicted octanol–water partition coefficient (Wildman–Crippen LogP) is 0.630. The minimum absolute atomic E-state index is 0.444. The van der Waals surface area contributed by atoms with Crippen LogP contribution in [-0.4, -0.2) is 20.3 Å². The summed E-state index contributed by atoms with van der Waals surface area (Å²) in [5, 5.41) is 0. The predicted molar refractivity (Wildman–Crippen MR) is 31.3 cm³/mol. The van der Waals surface area contributed by atoms with Crippen LogP contribution in [0, 0.1) is 12.0 Å². The van der Waals surface area contributed by atoms with Crippen molar-refractivity contribution in [2.24, 2.45) is 0 Å². The summed E-state index contributed by atoms with van der Waals surface area (Å²) < 4.78 is 9.33. The molecule has 0 rings (SSSR count). The molecular formula is C6H10O2. The van der Waals surface area contributed by atoms with Crippen molar-refractivity contribution in [2.45, 2.75) is 6.92 Å². The van der Waals surface area contributed by atoms with E-state index in [-0.39, 0.29) is 0 Å². The van der Waals surface area contributed by atoms with Crippen molar-refractivity contribution >= 4 is 0 Å². The third kappa shape index (κ3) is 5.32. The molecule has 0 unspecified atom stereocenters. The second-order valence-corrected chi connectivity index (χ2v) is 1.14. The third-order valence-corrected chi connectivity index (χ3v) is 0.505. The van der Waals surface area contributed by atoms with E-state index < -0.39 is 0 Å². The quantitative estimate of drug-likeness (QED) is 0.490. The van der Waals surface area contributed by atoms with Gasteiger partial charge in [0.1, 0.15) is 12.7 Å². The zero-order valence-electron chi connectivity index (χ0n) is 5.23. The molecule has 0 heterocycles. The first-order valence-corrected chi connectivity index (χ1v) is 2.50. The molecule has 8 heavy (non-hydrogen) atoms. The molecule has 0 radical (unpaired) electrons. The summed E-state index contributed by atoms with van der Waals surface area (Å²) in [5.41, 5.74) is 0. The van der Waals surface area contributed by atoms with Crippen molar-refractivity contribution in [3.05, 3.63) is 0 Å². The van der Waals surface area contributed by atoms with Gasteiger partial charge < -0.3 is 9.47 Å². The molecule has 0 aromatic rings. The Hall–Kier alpha value is -0.680. The van der Waals surface area contributed by atoms with Crippen molar-refractivity contribution in [3.63, 3.8) is 0 Å². The fourth-order valence-corrected chi connectivity index (χ4v) is 0.225. The molecule has 0 aliphatic heterocycles. The molecule has 2 heteroatoms. The van der Waals surface area contributed by atoms with E-state index >= 15 is 0 Å². The van der Waals surface area contributed by atoms with Crippen LogP contribution in [0.5, 0.6) is 0 Å². The smallest absolute Gasteiger partial charge is 0.112 e. The van der Waals surface area contributed by atoms with Crippen molar-refractivity contribution in [1.29, 1.82) is 0 Å². The molecule has 0 bridgehead atoms. The Balaban J connectivity index is 2.95. The molecule has 0 aromatic carbocycles. The van der Waals surface area contributed by atoms with E-state index in [1.54, 1.807) is 7.11 Å². The Morgan fingerprint density at radius 3 is 2.75 bits per heavy atom. The van der Waals surface area contributed by atoms with Gasteiger partial charge in [0, 0.05) is 7.11 Å². The van der Waals surface area contributed by atoms with Crippen molar-refractivity contribution in [3.8, 4) is 12.0 Å². The van der Waals surface area contributed by atoms with E-state index in [1.807, 2.05) is 6.92 Å². The van der Waals surface area contributed by atoms with Crippen LogP contribution in [0.15, 0.2) is 0 Å². The van der Waals surface area contributed by atoms with Gasteiger partial charge in [-0.05, 0) is 12.8 Å². The van der Waals surface area contributed by atoms with Gasteiger partial charge in [0.2, 0.25) is 0 Å². The van der Waals surface area contributed by atoms with E-state index in [2.05, 4.69) is 16.8 Å². The van der Waals surface area contributed by atoms with Crippen LogP contribution in [0.3, 0.4) is 0 Å². The molecule has 0 amide bonds. The molecule has 2 nitrogen and oxygen atoms in total. The van der Waals surface area contributed by atoms with Crippen molar-refractivity contribution < 1.29 is 9.47 Å². The van der Waals surface area contributed by atoms with Gasteiger partial charge in [-0.15, -0.1) is 0 Å². The SMILES string of the molecule is CCOC#CCOC. The van der Waals surface area contributed by atoms with Gasteiger partial charge in [-0.2, -0.15) is 0 Å². The zero-order chi connectivity index (χ0) is 6.24. The molecule has 46 valence electrons. The molecule has 0 fully saturated rings. The highest BCUT2D eigenvalue weighted by Gasteiger charge is 1.67. The number of ether oxygens (including phenoxy) is 2. The fraction of sp³-hybridized carbons (Fsp3) is 0.667. The molecule has 0 aliphatic rings. The van der Waals surface area contributed by atoms with Gasteiger partial charge in [0.25, 0.3) is 0 Å². The van der Waals surface area contributed by atoms with Gasteiger partial charge in [-0.25, -0.2) is 0 Å². The summed E-state index contributed by atoms with van der Waals surface area (Å²) in [6, 6.07) is 0. The first-order valence-electron chi connectivity index (χ1n) is 2.50. The maximum Gasteiger partial charge on any atom is 0.112 e. The lowest BCUT2D eigenvalue weighted by atomic mass is 10.7. The molecule has 0 spiro atoms. The van der Waals surface area contributed by atoms with Crippen LogP contribution in [0.1, 0.15) is 6.92 Å². The minimum atomic E-state index is 0.444. The summed E-state index contributed by atoms with van der Waals surface area (Å²) >= 11 is 0. The lowest BCUT2D eigenvalue weighted by molar-refractivity contribution is 0.236. The molecule has 0 aromatic heterocycles. The van der Waals surface area contributed by atoms with E-state index in [1.165, 1.54) is 0 Å². The van der Waals surface area contributed by atoms with E-state index in [4.69, 9.17) is 4.74 Å². The Labute approximate surface area is 49.8 Å². The largest absolute Gasteiger partial charge is 0.447 e. The third-order valence-electron chi connectivity index (χ3n) is 0.505. The summed E-state index contributed by atoms with van der Waals surface area (Å²) in [6.45, 7) is 2.97. The van der Waals surface area contributed by atoms with Crippen molar-refractivity contribution in [2.75, 3.05) is 20.3 Å². The first kappa shape index (κ1) is 7.32. The average Bonchev–Trinajstić information content (AvgIpc) is 1.81. The van der Waals surface area contributed by atoms with Crippen LogP contribution < -0.4 is 0 Å². The normalized spacial score (nSPS) is 7.25. The Kier molecular flexibility index (Phi) is 5.78. The Morgan fingerprint density at radius 1 is 1.50 bits per heavy atom. The first-order chi connectivity index (χ1) is 3.91. The van der Waals surface area contributed by atoms with Gasteiger partial charge in [0.15, 0.2) is 0 Å². The van der Waals surface area contributed by atoms with Crippen LogP contribution in [0.25, 0.3) is 0 Å². The van der Waals surface area contributed by atoms with Gasteiger partial charge >= 0.3 is 0 Å². The lowest BCUT2D eigenvalue weighted by Crippen LogP contribution is -1.83. The van der Waals surface area contributed by atoms with E-state index in [0.717, 1.165) is 0 Å². The highest BCUT2D eigenvalue weighted by Crippen LogP contribution is 1.65. The molecule has 0 saturated carbocycles. The summed E-state index contributed by atoms with van der Waals surface area (Å²) in [6.07, 6.45) is 2.46. The zero-order valence-corrected chi connectivity index (χ0v) is 5.23. The topological polar surface area (TPSA) is 18.5 Å². The highest BCUT2D eigenvalue weighted by molar-refractivity contribution is 4.90. The molecule has 0 saturated heterocycles. The average molecular weight is 114 g/mol. The number of methoxy groups -OCH3 is 1. The van der Waals surface area contributed by atoms with Crippen LogP contribution >= 0.6 is 0 Å². The van der Waals surface area contributed by atoms with Gasteiger partial charge in [-0.1, -0.05) is 0 Å². The van der Waals surface area contributed by atoms with Crippen LogP contribution in [-0.2, 0) is 9.47 Å². The number of rotatable bonds is 2. The monoisotopic (exact) mass is 114 g/mol. The second kappa shape index (κ2) is 6.32. The van der Waals surface area contributed by atoms with Crippen molar-refractivity contribution in [1.82, 2.24) is 0 Å². The lowest BCUT2D eigenvalue weighted by Gasteiger charge is -1.84. The number of hydrogen-bond donors (Lipinski definition) is 0. The number of hydrogen-bond acceptors (Lipinski definition) is 2. The van der Waals surface area contributed by atoms with E-state index in [0.29, 0.717) is 13.2 Å². The maximum absolute atomic E-state index is 4.69.